The number of nitrogens with one attached hydrogen (secondary N) is 1. The predicted molar refractivity (Wildman–Crippen MR) is 75.8 cm³/mol. The number of ether oxygens (including phenoxy) is 1. The highest BCUT2D eigenvalue weighted by Gasteiger charge is 2.45. The van der Waals surface area contributed by atoms with Gasteiger partial charge in [0.2, 0.25) is 15.9 Å². The molecule has 2 atom stereocenters. The summed E-state index contributed by atoms with van der Waals surface area (Å²) in [5, 5.41) is 8.85. The minimum atomic E-state index is -3.64. The van der Waals surface area contributed by atoms with Gasteiger partial charge < -0.3 is 4.74 Å². The highest BCUT2D eigenvalue weighted by Crippen LogP contribution is 2.47. The molecular formula is C14H16N2O4S. The van der Waals surface area contributed by atoms with E-state index < -0.39 is 15.9 Å². The van der Waals surface area contributed by atoms with E-state index in [-0.39, 0.29) is 24.2 Å². The van der Waals surface area contributed by atoms with Crippen molar-refractivity contribution in [3.05, 3.63) is 35.4 Å². The Morgan fingerprint density at radius 2 is 2.29 bits per heavy atom. The molecule has 0 heterocycles. The molecule has 21 heavy (non-hydrogen) atoms. The van der Waals surface area contributed by atoms with Crippen molar-refractivity contribution in [1.29, 1.82) is 5.26 Å². The molecule has 6 nitrogen and oxygen atoms in total. The zero-order valence-electron chi connectivity index (χ0n) is 11.6. The lowest BCUT2D eigenvalue weighted by Crippen LogP contribution is -2.35. The van der Waals surface area contributed by atoms with Gasteiger partial charge in [-0.05, 0) is 30.0 Å². The minimum Gasteiger partial charge on any atom is -0.384 e. The van der Waals surface area contributed by atoms with Crippen LogP contribution >= 0.6 is 0 Å². The van der Waals surface area contributed by atoms with Gasteiger partial charge in [-0.25, -0.2) is 8.42 Å². The first kappa shape index (κ1) is 15.5. The smallest absolute Gasteiger partial charge is 0.237 e. The van der Waals surface area contributed by atoms with Gasteiger partial charge in [-0.3, -0.25) is 9.52 Å². The maximum absolute atomic E-state index is 11.9. The summed E-state index contributed by atoms with van der Waals surface area (Å²) in [5.41, 5.74) is 1.43. The molecule has 0 aromatic heterocycles. The van der Waals surface area contributed by atoms with Crippen molar-refractivity contribution >= 4 is 15.9 Å². The molecule has 112 valence electrons. The first-order valence-electron chi connectivity index (χ1n) is 6.50. The van der Waals surface area contributed by atoms with Gasteiger partial charge in [0, 0.05) is 13.0 Å². The summed E-state index contributed by atoms with van der Waals surface area (Å²) >= 11 is 0. The van der Waals surface area contributed by atoms with Crippen LogP contribution in [0.25, 0.3) is 0 Å². The van der Waals surface area contributed by atoms with Gasteiger partial charge in [-0.15, -0.1) is 0 Å². The molecule has 1 aliphatic rings. The molecule has 2 rings (SSSR count). The Bertz CT molecular complexity index is 678. The Morgan fingerprint density at radius 3 is 2.95 bits per heavy atom. The maximum atomic E-state index is 11.9. The average molecular weight is 308 g/mol. The Balaban J connectivity index is 1.96. The van der Waals surface area contributed by atoms with Crippen molar-refractivity contribution in [3.63, 3.8) is 0 Å². The first-order chi connectivity index (χ1) is 9.96. The Morgan fingerprint density at radius 1 is 1.52 bits per heavy atom. The summed E-state index contributed by atoms with van der Waals surface area (Å²) in [4.78, 5) is 11.9. The van der Waals surface area contributed by atoms with E-state index in [1.165, 1.54) is 7.11 Å². The van der Waals surface area contributed by atoms with Crippen LogP contribution in [0.2, 0.25) is 0 Å². The van der Waals surface area contributed by atoms with Gasteiger partial charge in [0.15, 0.2) is 0 Å². The van der Waals surface area contributed by atoms with Gasteiger partial charge in [-0.2, -0.15) is 5.26 Å². The molecule has 0 bridgehead atoms. The van der Waals surface area contributed by atoms with Crippen molar-refractivity contribution in [1.82, 2.24) is 4.72 Å². The number of nitriles is 1. The topological polar surface area (TPSA) is 96.3 Å². The monoisotopic (exact) mass is 308 g/mol. The lowest BCUT2D eigenvalue weighted by Gasteiger charge is -2.06. The van der Waals surface area contributed by atoms with Crippen molar-refractivity contribution < 1.29 is 17.9 Å². The van der Waals surface area contributed by atoms with E-state index in [4.69, 9.17) is 10.00 Å². The second-order valence-electron chi connectivity index (χ2n) is 4.96. The summed E-state index contributed by atoms with van der Waals surface area (Å²) < 4.78 is 30.0. The molecule has 1 fully saturated rings. The lowest BCUT2D eigenvalue weighted by atomic mass is 10.1. The SMILES string of the molecule is COCCS(=O)(=O)NC(=O)[C@@H]1C[C@@H]1c1cccc(C#N)c1. The zero-order chi connectivity index (χ0) is 15.5. The third kappa shape index (κ3) is 4.03. The van der Waals surface area contributed by atoms with E-state index >= 15 is 0 Å². The van der Waals surface area contributed by atoms with Crippen LogP contribution in [0.4, 0.5) is 0 Å². The molecule has 1 saturated carbocycles. The van der Waals surface area contributed by atoms with Crippen LogP contribution in [-0.4, -0.2) is 33.8 Å². The Labute approximate surface area is 123 Å². The van der Waals surface area contributed by atoms with Crippen molar-refractivity contribution in [2.75, 3.05) is 19.5 Å². The number of hydrogen-bond acceptors (Lipinski definition) is 5. The van der Waals surface area contributed by atoms with Crippen molar-refractivity contribution in [2.24, 2.45) is 5.92 Å². The fourth-order valence-electron chi connectivity index (χ4n) is 2.17. The third-order valence-corrected chi connectivity index (χ3v) is 4.60. The summed E-state index contributed by atoms with van der Waals surface area (Å²) in [7, 11) is -2.24. The van der Waals surface area contributed by atoms with Crippen LogP contribution in [0.3, 0.4) is 0 Å². The van der Waals surface area contributed by atoms with Crippen LogP contribution in [0.5, 0.6) is 0 Å². The summed E-state index contributed by atoms with van der Waals surface area (Å²) in [6.45, 7) is 0.0426. The minimum absolute atomic E-state index is 0.0177. The van der Waals surface area contributed by atoms with Crippen molar-refractivity contribution in [3.8, 4) is 6.07 Å². The van der Waals surface area contributed by atoms with Gasteiger partial charge in [0.05, 0.1) is 24.0 Å². The number of amides is 1. The van der Waals surface area contributed by atoms with E-state index in [1.54, 1.807) is 18.2 Å². The van der Waals surface area contributed by atoms with E-state index in [9.17, 15) is 13.2 Å². The molecule has 0 saturated heterocycles. The fourth-order valence-corrected chi connectivity index (χ4v) is 3.11. The third-order valence-electron chi connectivity index (χ3n) is 3.38. The van der Waals surface area contributed by atoms with Crippen LogP contribution < -0.4 is 4.72 Å². The number of carbonyl (C=O) groups is 1. The van der Waals surface area contributed by atoms with E-state index in [0.717, 1.165) is 5.56 Å². The highest BCUT2D eigenvalue weighted by atomic mass is 32.2. The summed E-state index contributed by atoms with van der Waals surface area (Å²) in [6, 6.07) is 9.08. The molecule has 1 aromatic carbocycles. The normalized spacial score (nSPS) is 20.6. The number of sulfonamides is 1. The largest absolute Gasteiger partial charge is 0.384 e. The van der Waals surface area contributed by atoms with Crippen molar-refractivity contribution in [2.45, 2.75) is 12.3 Å². The summed E-state index contributed by atoms with van der Waals surface area (Å²) in [6.07, 6.45) is 0.598. The molecule has 0 radical (unpaired) electrons. The van der Waals surface area contributed by atoms with Crippen LogP contribution in [0.1, 0.15) is 23.5 Å². The molecule has 0 spiro atoms. The highest BCUT2D eigenvalue weighted by molar-refractivity contribution is 7.90. The molecule has 1 aromatic rings. The van der Waals surface area contributed by atoms with Crippen LogP contribution in [0.15, 0.2) is 24.3 Å². The average Bonchev–Trinajstić information content (AvgIpc) is 3.25. The van der Waals surface area contributed by atoms with Gasteiger partial charge in [-0.1, -0.05) is 12.1 Å². The van der Waals surface area contributed by atoms with Gasteiger partial charge in [0.1, 0.15) is 0 Å². The van der Waals surface area contributed by atoms with Gasteiger partial charge in [0.25, 0.3) is 0 Å². The number of hydrogen-bond donors (Lipinski definition) is 1. The standard InChI is InChI=1S/C14H16N2O4S/c1-20-5-6-21(18,19)16-14(17)13-8-12(13)11-4-2-3-10(7-11)9-15/h2-4,7,12-13H,5-6,8H2,1H3,(H,16,17)/t12-,13-/m1/s1. The molecule has 0 aliphatic heterocycles. The second kappa shape index (κ2) is 6.24. The van der Waals surface area contributed by atoms with Crippen LogP contribution in [0, 0.1) is 17.2 Å². The number of nitrogens with zero attached hydrogens (tertiary/aromatic N) is 1. The quantitative estimate of drug-likeness (QED) is 0.836. The zero-order valence-corrected chi connectivity index (χ0v) is 12.4. The fraction of sp³-hybridized carbons (Fsp3) is 0.429. The van der Waals surface area contributed by atoms with Crippen LogP contribution in [-0.2, 0) is 19.6 Å². The Kier molecular flexibility index (Phi) is 4.60. The molecule has 1 aliphatic carbocycles. The number of rotatable bonds is 6. The summed E-state index contributed by atoms with van der Waals surface area (Å²) in [5.74, 6) is -1.10. The number of benzene rings is 1. The maximum Gasteiger partial charge on any atom is 0.237 e. The van der Waals surface area contributed by atoms with E-state index in [0.29, 0.717) is 12.0 Å². The molecule has 7 heteroatoms. The molecule has 1 amide bonds. The molecule has 0 unspecified atom stereocenters. The molecular weight excluding hydrogens is 292 g/mol. The number of methoxy groups -OCH3 is 1. The number of carbonyl (C=O) groups excluding carboxylic acids is 1. The first-order valence-corrected chi connectivity index (χ1v) is 8.15. The van der Waals surface area contributed by atoms with E-state index in [1.807, 2.05) is 12.1 Å². The van der Waals surface area contributed by atoms with E-state index in [2.05, 4.69) is 4.72 Å². The second-order valence-corrected chi connectivity index (χ2v) is 6.81. The Hall–Kier alpha value is -1.91. The van der Waals surface area contributed by atoms with Gasteiger partial charge >= 0.3 is 0 Å². The predicted octanol–water partition coefficient (Wildman–Crippen LogP) is 0.754. The molecule has 1 N–H and O–H groups in total. The lowest BCUT2D eigenvalue weighted by molar-refractivity contribution is -0.120.